The number of nitrogens with zero attached hydrogens (tertiary/aromatic N) is 1. The molecule has 3 nitrogen and oxygen atoms in total. The van der Waals surface area contributed by atoms with Gasteiger partial charge in [0, 0.05) is 4.90 Å². The molecule has 4 heteroatoms. The van der Waals surface area contributed by atoms with E-state index in [1.165, 1.54) is 16.7 Å². The third-order valence-corrected chi connectivity index (χ3v) is 6.16. The number of carbonyl (C=O) groups excluding carboxylic acids is 2. The van der Waals surface area contributed by atoms with Gasteiger partial charge in [0.25, 0.3) is 11.8 Å². The van der Waals surface area contributed by atoms with Crippen molar-refractivity contribution in [3.63, 3.8) is 0 Å². The van der Waals surface area contributed by atoms with E-state index in [1.807, 2.05) is 92.7 Å². The van der Waals surface area contributed by atoms with Crippen molar-refractivity contribution >= 4 is 29.1 Å². The highest BCUT2D eigenvalue weighted by molar-refractivity contribution is 8.04. The number of benzene rings is 3. The summed E-state index contributed by atoms with van der Waals surface area (Å²) in [6.45, 7) is 4.33. The molecule has 0 spiro atoms. The predicted molar refractivity (Wildman–Crippen MR) is 117 cm³/mol. The van der Waals surface area contributed by atoms with Crippen molar-refractivity contribution in [3.05, 3.63) is 106 Å². The molecule has 4 rings (SSSR count). The third-order valence-electron chi connectivity index (χ3n) is 5.07. The smallest absolute Gasteiger partial charge is 0.268 e. The fraction of sp³-hybridized carbons (Fsp3) is 0.120. The molecule has 3 aromatic rings. The highest BCUT2D eigenvalue weighted by Crippen LogP contribution is 2.40. The minimum Gasteiger partial charge on any atom is -0.269 e. The summed E-state index contributed by atoms with van der Waals surface area (Å²) < 4.78 is 0. The molecule has 1 aliphatic rings. The van der Waals surface area contributed by atoms with Gasteiger partial charge < -0.3 is 0 Å². The van der Waals surface area contributed by atoms with Crippen LogP contribution in [0.25, 0.3) is 5.57 Å². The van der Waals surface area contributed by atoms with Crippen molar-refractivity contribution in [2.45, 2.75) is 25.3 Å². The van der Waals surface area contributed by atoms with Gasteiger partial charge in [-0.1, -0.05) is 78.5 Å². The summed E-state index contributed by atoms with van der Waals surface area (Å²) in [6.07, 6.45) is 0. The summed E-state index contributed by atoms with van der Waals surface area (Å²) in [5.41, 5.74) is 4.47. The average Bonchev–Trinajstić information content (AvgIpc) is 2.96. The zero-order valence-corrected chi connectivity index (χ0v) is 17.2. The van der Waals surface area contributed by atoms with Gasteiger partial charge in [0.15, 0.2) is 0 Å². The monoisotopic (exact) mass is 399 g/mol. The highest BCUT2D eigenvalue weighted by Gasteiger charge is 2.39. The van der Waals surface area contributed by atoms with Crippen LogP contribution in [0.2, 0.25) is 0 Å². The van der Waals surface area contributed by atoms with Crippen molar-refractivity contribution in [1.82, 2.24) is 4.90 Å². The van der Waals surface area contributed by atoms with Crippen molar-refractivity contribution < 1.29 is 9.59 Å². The molecule has 3 aromatic carbocycles. The van der Waals surface area contributed by atoms with E-state index >= 15 is 0 Å². The molecule has 1 aliphatic heterocycles. The molecule has 0 aromatic heterocycles. The molecule has 0 bridgehead atoms. The Hall–Kier alpha value is -3.11. The lowest BCUT2D eigenvalue weighted by atomic mass is 10.0. The SMILES string of the molecule is Cc1ccc(C2=C(Sc3ccccc3)C(=O)N(Cc3ccccc3)C2=O)cc1C. The molecule has 0 saturated heterocycles. The topological polar surface area (TPSA) is 37.4 Å². The van der Waals surface area contributed by atoms with Gasteiger partial charge in [0.05, 0.1) is 17.0 Å². The lowest BCUT2D eigenvalue weighted by molar-refractivity contribution is -0.137. The van der Waals surface area contributed by atoms with Crippen LogP contribution in [0.3, 0.4) is 0 Å². The Labute approximate surface area is 175 Å². The molecule has 0 saturated carbocycles. The maximum atomic E-state index is 13.4. The molecule has 0 unspecified atom stereocenters. The Balaban J connectivity index is 1.77. The van der Waals surface area contributed by atoms with Crippen molar-refractivity contribution in [2.75, 3.05) is 0 Å². The van der Waals surface area contributed by atoms with E-state index in [0.717, 1.165) is 27.1 Å². The first-order valence-corrected chi connectivity index (χ1v) is 10.3. The number of rotatable bonds is 5. The Kier molecular flexibility index (Phi) is 5.36. The second-order valence-electron chi connectivity index (χ2n) is 7.10. The number of hydrogen-bond donors (Lipinski definition) is 0. The van der Waals surface area contributed by atoms with Crippen LogP contribution in [-0.4, -0.2) is 16.7 Å². The summed E-state index contributed by atoms with van der Waals surface area (Å²) in [7, 11) is 0. The molecule has 0 fully saturated rings. The van der Waals surface area contributed by atoms with Crippen LogP contribution in [0.5, 0.6) is 0 Å². The van der Waals surface area contributed by atoms with Crippen LogP contribution >= 0.6 is 11.8 Å². The Morgan fingerprint density at radius 1 is 0.759 bits per heavy atom. The van der Waals surface area contributed by atoms with Gasteiger partial charge in [-0.05, 0) is 48.2 Å². The van der Waals surface area contributed by atoms with Gasteiger partial charge in [-0.3, -0.25) is 14.5 Å². The summed E-state index contributed by atoms with van der Waals surface area (Å²) >= 11 is 1.36. The van der Waals surface area contributed by atoms with E-state index in [2.05, 4.69) is 0 Å². The molecule has 144 valence electrons. The summed E-state index contributed by atoms with van der Waals surface area (Å²) in [6, 6.07) is 25.2. The average molecular weight is 400 g/mol. The summed E-state index contributed by atoms with van der Waals surface area (Å²) in [5.74, 6) is -0.471. The Morgan fingerprint density at radius 2 is 1.41 bits per heavy atom. The number of amides is 2. The minimum absolute atomic E-state index is 0.235. The van der Waals surface area contributed by atoms with Gasteiger partial charge in [-0.2, -0.15) is 0 Å². The van der Waals surface area contributed by atoms with E-state index in [-0.39, 0.29) is 18.4 Å². The fourth-order valence-corrected chi connectivity index (χ4v) is 4.35. The van der Waals surface area contributed by atoms with Crippen LogP contribution in [-0.2, 0) is 16.1 Å². The molecule has 29 heavy (non-hydrogen) atoms. The zero-order valence-electron chi connectivity index (χ0n) is 16.4. The number of thioether (sulfide) groups is 1. The summed E-state index contributed by atoms with van der Waals surface area (Å²) in [5, 5.41) is 0. The lowest BCUT2D eigenvalue weighted by Gasteiger charge is -2.15. The maximum absolute atomic E-state index is 13.4. The quantitative estimate of drug-likeness (QED) is 0.541. The predicted octanol–water partition coefficient (Wildman–Crippen LogP) is 5.38. The zero-order chi connectivity index (χ0) is 20.4. The maximum Gasteiger partial charge on any atom is 0.268 e. The molecule has 0 N–H and O–H groups in total. The largest absolute Gasteiger partial charge is 0.269 e. The number of aryl methyl sites for hydroxylation is 2. The molecule has 0 aliphatic carbocycles. The van der Waals surface area contributed by atoms with Crippen LogP contribution in [0.15, 0.2) is 88.7 Å². The molecule has 1 heterocycles. The van der Waals surface area contributed by atoms with E-state index in [4.69, 9.17) is 0 Å². The normalized spacial score (nSPS) is 14.1. The second kappa shape index (κ2) is 8.10. The van der Waals surface area contributed by atoms with Gasteiger partial charge in [0.2, 0.25) is 0 Å². The Bertz CT molecular complexity index is 1100. The first-order valence-electron chi connectivity index (χ1n) is 9.49. The second-order valence-corrected chi connectivity index (χ2v) is 8.18. The fourth-order valence-electron chi connectivity index (χ4n) is 3.32. The van der Waals surface area contributed by atoms with E-state index in [1.54, 1.807) is 0 Å². The number of carbonyl (C=O) groups is 2. The molecule has 2 amide bonds. The van der Waals surface area contributed by atoms with Crippen molar-refractivity contribution in [3.8, 4) is 0 Å². The summed E-state index contributed by atoms with van der Waals surface area (Å²) in [4.78, 5) is 29.4. The number of imide groups is 1. The van der Waals surface area contributed by atoms with Crippen LogP contribution in [0.1, 0.15) is 22.3 Å². The van der Waals surface area contributed by atoms with E-state index in [9.17, 15) is 9.59 Å². The van der Waals surface area contributed by atoms with Gasteiger partial charge in [-0.15, -0.1) is 0 Å². The Morgan fingerprint density at radius 3 is 2.07 bits per heavy atom. The first kappa shape index (κ1) is 19.2. The molecular weight excluding hydrogens is 378 g/mol. The van der Waals surface area contributed by atoms with Gasteiger partial charge in [-0.25, -0.2) is 0 Å². The van der Waals surface area contributed by atoms with E-state index in [0.29, 0.717) is 10.5 Å². The van der Waals surface area contributed by atoms with Gasteiger partial charge >= 0.3 is 0 Å². The third kappa shape index (κ3) is 3.89. The van der Waals surface area contributed by atoms with Crippen LogP contribution < -0.4 is 0 Å². The van der Waals surface area contributed by atoms with Crippen molar-refractivity contribution in [2.24, 2.45) is 0 Å². The molecule has 0 radical (unpaired) electrons. The molecular formula is C25H21NO2S. The lowest BCUT2D eigenvalue weighted by Crippen LogP contribution is -2.30. The van der Waals surface area contributed by atoms with Crippen molar-refractivity contribution in [1.29, 1.82) is 0 Å². The molecule has 0 atom stereocenters. The minimum atomic E-state index is -0.236. The highest BCUT2D eigenvalue weighted by atomic mass is 32.2. The number of hydrogen-bond acceptors (Lipinski definition) is 3. The van der Waals surface area contributed by atoms with Gasteiger partial charge in [0.1, 0.15) is 0 Å². The standard InChI is InChI=1S/C25H21NO2S/c1-17-13-14-20(15-18(17)2)22-23(29-21-11-7-4-8-12-21)25(28)26(24(22)27)16-19-9-5-3-6-10-19/h3-15H,16H2,1-2H3. The van der Waals surface area contributed by atoms with Crippen LogP contribution in [0.4, 0.5) is 0 Å². The first-order chi connectivity index (χ1) is 14.0. The van der Waals surface area contributed by atoms with Crippen LogP contribution in [0, 0.1) is 13.8 Å². The van der Waals surface area contributed by atoms with E-state index < -0.39 is 0 Å².